The summed E-state index contributed by atoms with van der Waals surface area (Å²) in [4.78, 5) is 24.8. The van der Waals surface area contributed by atoms with Crippen LogP contribution in [0.25, 0.3) is 0 Å². The fourth-order valence-electron chi connectivity index (χ4n) is 1.86. The van der Waals surface area contributed by atoms with Crippen LogP contribution in [-0.4, -0.2) is 30.7 Å². The van der Waals surface area contributed by atoms with Gasteiger partial charge in [-0.15, -0.1) is 11.8 Å². The molecule has 0 spiro atoms. The number of ether oxygens (including phenoxy) is 1. The summed E-state index contributed by atoms with van der Waals surface area (Å²) in [5.41, 5.74) is 0.623. The average Bonchev–Trinajstić information content (AvgIpc) is 2.59. The molecule has 2 aromatic carbocycles. The molecule has 2 rings (SSSR count). The van der Waals surface area contributed by atoms with E-state index in [2.05, 4.69) is 0 Å². The lowest BCUT2D eigenvalue weighted by atomic mass is 10.2. The smallest absolute Gasteiger partial charge is 0.269 e. The Kier molecular flexibility index (Phi) is 5.59. The van der Waals surface area contributed by atoms with Gasteiger partial charge in [-0.25, -0.2) is 0 Å². The van der Waals surface area contributed by atoms with Crippen molar-refractivity contribution in [3.8, 4) is 5.75 Å². The molecule has 120 valence electrons. The average molecular weight is 332 g/mol. The molecule has 0 atom stereocenters. The van der Waals surface area contributed by atoms with Crippen LogP contribution in [0.4, 0.5) is 11.4 Å². The van der Waals surface area contributed by atoms with Crippen molar-refractivity contribution in [3.63, 3.8) is 0 Å². The molecule has 0 saturated carbocycles. The maximum Gasteiger partial charge on any atom is 0.269 e. The van der Waals surface area contributed by atoms with Crippen molar-refractivity contribution < 1.29 is 14.5 Å². The van der Waals surface area contributed by atoms with Crippen molar-refractivity contribution in [2.24, 2.45) is 0 Å². The van der Waals surface area contributed by atoms with E-state index >= 15 is 0 Å². The van der Waals surface area contributed by atoms with Crippen LogP contribution in [0.2, 0.25) is 0 Å². The molecule has 0 bridgehead atoms. The molecule has 1 amide bonds. The molecule has 23 heavy (non-hydrogen) atoms. The van der Waals surface area contributed by atoms with Crippen LogP contribution in [0.1, 0.15) is 0 Å². The lowest BCUT2D eigenvalue weighted by Gasteiger charge is -2.17. The topological polar surface area (TPSA) is 72.7 Å². The van der Waals surface area contributed by atoms with E-state index in [1.165, 1.54) is 28.8 Å². The van der Waals surface area contributed by atoms with Gasteiger partial charge in [0.05, 0.1) is 17.8 Å². The Bertz CT molecular complexity index is 686. The number of rotatable bonds is 6. The third-order valence-corrected chi connectivity index (χ3v) is 4.24. The highest BCUT2D eigenvalue weighted by Gasteiger charge is 2.13. The molecule has 0 saturated heterocycles. The van der Waals surface area contributed by atoms with Crippen molar-refractivity contribution in [1.82, 2.24) is 0 Å². The van der Waals surface area contributed by atoms with Crippen molar-refractivity contribution in [2.75, 3.05) is 24.8 Å². The second-order valence-electron chi connectivity index (χ2n) is 4.69. The highest BCUT2D eigenvalue weighted by molar-refractivity contribution is 8.00. The number of carbonyl (C=O) groups is 1. The molecule has 0 unspecified atom stereocenters. The number of hydrogen-bond acceptors (Lipinski definition) is 5. The van der Waals surface area contributed by atoms with Gasteiger partial charge in [0.1, 0.15) is 5.75 Å². The molecule has 0 fully saturated rings. The third kappa shape index (κ3) is 4.46. The summed E-state index contributed by atoms with van der Waals surface area (Å²) in [5.74, 6) is 0.961. The maximum absolute atomic E-state index is 12.2. The minimum atomic E-state index is -0.467. The van der Waals surface area contributed by atoms with Gasteiger partial charge in [0.2, 0.25) is 5.91 Å². The number of nitro groups is 1. The summed E-state index contributed by atoms with van der Waals surface area (Å²) in [7, 11) is 3.25. The summed E-state index contributed by atoms with van der Waals surface area (Å²) in [6.45, 7) is 0. The first-order valence-electron chi connectivity index (χ1n) is 6.79. The standard InChI is InChI=1S/C16H16N2O4S/c1-17(12-3-5-13(6-4-12)18(20)21)16(19)11-23-15-9-7-14(22-2)8-10-15/h3-10H,11H2,1-2H3. The zero-order valence-corrected chi connectivity index (χ0v) is 13.6. The molecular formula is C16H16N2O4S. The predicted molar refractivity (Wildman–Crippen MR) is 90.2 cm³/mol. The number of nitro benzene ring substituents is 1. The summed E-state index contributed by atoms with van der Waals surface area (Å²) in [5, 5.41) is 10.6. The minimum absolute atomic E-state index is 0.00204. The van der Waals surface area contributed by atoms with E-state index in [0.29, 0.717) is 5.69 Å². The molecule has 6 nitrogen and oxygen atoms in total. The molecular weight excluding hydrogens is 316 g/mol. The van der Waals surface area contributed by atoms with Crippen LogP contribution in [0.15, 0.2) is 53.4 Å². The Morgan fingerprint density at radius 1 is 1.17 bits per heavy atom. The number of hydrogen-bond donors (Lipinski definition) is 0. The number of non-ortho nitro benzene ring substituents is 1. The fraction of sp³-hybridized carbons (Fsp3) is 0.188. The van der Waals surface area contributed by atoms with Crippen molar-refractivity contribution >= 4 is 29.0 Å². The van der Waals surface area contributed by atoms with Crippen LogP contribution in [0, 0.1) is 10.1 Å². The quantitative estimate of drug-likeness (QED) is 0.461. The van der Waals surface area contributed by atoms with Gasteiger partial charge in [-0.2, -0.15) is 0 Å². The van der Waals surface area contributed by atoms with E-state index in [-0.39, 0.29) is 17.3 Å². The highest BCUT2D eigenvalue weighted by Crippen LogP contribution is 2.23. The summed E-state index contributed by atoms with van der Waals surface area (Å²) >= 11 is 1.42. The van der Waals surface area contributed by atoms with Gasteiger partial charge < -0.3 is 9.64 Å². The summed E-state index contributed by atoms with van der Waals surface area (Å²) in [6, 6.07) is 13.4. The number of carbonyl (C=O) groups excluding carboxylic acids is 1. The van der Waals surface area contributed by atoms with Gasteiger partial charge in [0.15, 0.2) is 0 Å². The molecule has 0 radical (unpaired) electrons. The Balaban J connectivity index is 1.94. The SMILES string of the molecule is COc1ccc(SCC(=O)N(C)c2ccc([N+](=O)[O-])cc2)cc1. The van der Waals surface area contributed by atoms with E-state index in [9.17, 15) is 14.9 Å². The Hall–Kier alpha value is -2.54. The first-order valence-corrected chi connectivity index (χ1v) is 7.77. The Morgan fingerprint density at radius 2 is 1.78 bits per heavy atom. The van der Waals surface area contributed by atoms with E-state index in [1.54, 1.807) is 26.3 Å². The Morgan fingerprint density at radius 3 is 2.30 bits per heavy atom. The lowest BCUT2D eigenvalue weighted by molar-refractivity contribution is -0.384. The van der Waals surface area contributed by atoms with Crippen LogP contribution in [-0.2, 0) is 4.79 Å². The normalized spacial score (nSPS) is 10.2. The van der Waals surface area contributed by atoms with Crippen molar-refractivity contribution in [2.45, 2.75) is 4.90 Å². The van der Waals surface area contributed by atoms with Crippen molar-refractivity contribution in [1.29, 1.82) is 0 Å². The van der Waals surface area contributed by atoms with Crippen molar-refractivity contribution in [3.05, 3.63) is 58.6 Å². The number of benzene rings is 2. The second kappa shape index (κ2) is 7.64. The largest absolute Gasteiger partial charge is 0.497 e. The Labute approximate surface area is 138 Å². The highest BCUT2D eigenvalue weighted by atomic mass is 32.2. The molecule has 0 aliphatic heterocycles. The van der Waals surface area contributed by atoms with E-state index in [0.717, 1.165) is 10.6 Å². The zero-order chi connectivity index (χ0) is 16.8. The number of thioether (sulfide) groups is 1. The summed E-state index contributed by atoms with van der Waals surface area (Å²) < 4.78 is 5.08. The van der Waals surface area contributed by atoms with E-state index in [1.807, 2.05) is 24.3 Å². The van der Waals surface area contributed by atoms with Gasteiger partial charge in [-0.3, -0.25) is 14.9 Å². The molecule has 7 heteroatoms. The molecule has 0 aromatic heterocycles. The van der Waals surface area contributed by atoms with E-state index in [4.69, 9.17) is 4.74 Å². The number of methoxy groups -OCH3 is 1. The maximum atomic E-state index is 12.2. The van der Waals surface area contributed by atoms with Gasteiger partial charge in [0, 0.05) is 29.8 Å². The van der Waals surface area contributed by atoms with Gasteiger partial charge in [0.25, 0.3) is 5.69 Å². The van der Waals surface area contributed by atoms with Gasteiger partial charge >= 0.3 is 0 Å². The summed E-state index contributed by atoms with van der Waals surface area (Å²) in [6.07, 6.45) is 0. The van der Waals surface area contributed by atoms with Gasteiger partial charge in [-0.1, -0.05) is 0 Å². The molecule has 0 heterocycles. The zero-order valence-electron chi connectivity index (χ0n) is 12.8. The van der Waals surface area contributed by atoms with Crippen LogP contribution in [0.5, 0.6) is 5.75 Å². The number of nitrogens with zero attached hydrogens (tertiary/aromatic N) is 2. The predicted octanol–water partition coefficient (Wildman–Crippen LogP) is 3.36. The third-order valence-electron chi connectivity index (χ3n) is 3.24. The lowest BCUT2D eigenvalue weighted by Crippen LogP contribution is -2.27. The monoisotopic (exact) mass is 332 g/mol. The first-order chi connectivity index (χ1) is 11.0. The fourth-order valence-corrected chi connectivity index (χ4v) is 2.67. The van der Waals surface area contributed by atoms with Gasteiger partial charge in [-0.05, 0) is 36.4 Å². The van der Waals surface area contributed by atoms with Crippen LogP contribution >= 0.6 is 11.8 Å². The number of anilines is 1. The second-order valence-corrected chi connectivity index (χ2v) is 5.74. The van der Waals surface area contributed by atoms with Crippen LogP contribution < -0.4 is 9.64 Å². The van der Waals surface area contributed by atoms with E-state index < -0.39 is 4.92 Å². The first kappa shape index (κ1) is 16.8. The molecule has 0 aliphatic rings. The van der Waals surface area contributed by atoms with Crippen LogP contribution in [0.3, 0.4) is 0 Å². The molecule has 0 N–H and O–H groups in total. The molecule has 2 aromatic rings. The number of amides is 1. The minimum Gasteiger partial charge on any atom is -0.497 e. The molecule has 0 aliphatic carbocycles.